The Balaban J connectivity index is 1.57. The number of hydrogen-bond donors (Lipinski definition) is 0. The van der Waals surface area contributed by atoms with E-state index in [-0.39, 0.29) is 12.2 Å². The third-order valence-electron chi connectivity index (χ3n) is 7.31. The molecule has 0 N–H and O–H groups in total. The Morgan fingerprint density at radius 2 is 1.06 bits per heavy atom. The summed E-state index contributed by atoms with van der Waals surface area (Å²) in [4.78, 5) is 25.6. The molecule has 3 saturated heterocycles. The van der Waals surface area contributed by atoms with Crippen molar-refractivity contribution < 1.29 is 38.0 Å². The maximum absolute atomic E-state index is 12.8. The van der Waals surface area contributed by atoms with Crippen molar-refractivity contribution in [1.29, 1.82) is 0 Å². The minimum Gasteiger partial charge on any atom is -0.467 e. The Morgan fingerprint density at radius 3 is 1.42 bits per heavy atom. The summed E-state index contributed by atoms with van der Waals surface area (Å²) in [5.74, 6) is -4.33. The molecule has 3 aliphatic heterocycles. The summed E-state index contributed by atoms with van der Waals surface area (Å²) in [6.07, 6.45) is 0.600. The fourth-order valence-corrected chi connectivity index (χ4v) is 5.56. The van der Waals surface area contributed by atoms with Gasteiger partial charge in [0.25, 0.3) is 0 Å². The fraction of sp³-hybridized carbons (Fsp3) is 0.500. The van der Waals surface area contributed by atoms with Crippen LogP contribution in [0.2, 0.25) is 0 Å². The number of ether oxygens (including phenoxy) is 6. The molecule has 3 heterocycles. The molecule has 36 heavy (non-hydrogen) atoms. The number of carbonyl (C=O) groups is 2. The van der Waals surface area contributed by atoms with Gasteiger partial charge in [-0.15, -0.1) is 0 Å². The number of carbonyl (C=O) groups excluding carboxylic acids is 2. The lowest BCUT2D eigenvalue weighted by Crippen LogP contribution is -2.72. The number of fused-ring (bicyclic) bond motifs is 1. The smallest absolute Gasteiger partial charge is 0.338 e. The third kappa shape index (κ3) is 4.43. The van der Waals surface area contributed by atoms with E-state index in [2.05, 4.69) is 0 Å². The van der Waals surface area contributed by atoms with E-state index in [0.29, 0.717) is 12.8 Å². The van der Waals surface area contributed by atoms with E-state index in [9.17, 15) is 9.59 Å². The first-order valence-electron chi connectivity index (χ1n) is 12.5. The lowest BCUT2D eigenvalue weighted by atomic mass is 9.84. The van der Waals surface area contributed by atoms with Gasteiger partial charge in [-0.3, -0.25) is 0 Å². The van der Waals surface area contributed by atoms with Crippen molar-refractivity contribution in [2.24, 2.45) is 0 Å². The van der Waals surface area contributed by atoms with Gasteiger partial charge in [0.1, 0.15) is 0 Å². The van der Waals surface area contributed by atoms with Crippen molar-refractivity contribution in [2.45, 2.75) is 74.5 Å². The highest BCUT2D eigenvalue weighted by atomic mass is 16.8. The normalized spacial score (nSPS) is 34.3. The van der Waals surface area contributed by atoms with Crippen molar-refractivity contribution in [3.63, 3.8) is 0 Å². The maximum Gasteiger partial charge on any atom is 0.338 e. The minimum atomic E-state index is -1.43. The van der Waals surface area contributed by atoms with Crippen LogP contribution in [0, 0.1) is 0 Å². The monoisotopic (exact) mass is 496 g/mol. The summed E-state index contributed by atoms with van der Waals surface area (Å²) in [5, 5.41) is 0. The number of rotatable bonds is 4. The quantitative estimate of drug-likeness (QED) is 0.576. The molecule has 3 aliphatic rings. The van der Waals surface area contributed by atoms with E-state index in [0.717, 1.165) is 36.8 Å². The Kier molecular flexibility index (Phi) is 7.12. The first-order chi connectivity index (χ1) is 17.5. The van der Waals surface area contributed by atoms with Crippen LogP contribution in [0.4, 0.5) is 0 Å². The average Bonchev–Trinajstić information content (AvgIpc) is 2.95. The second-order valence-corrected chi connectivity index (χ2v) is 9.45. The molecule has 192 valence electrons. The zero-order valence-corrected chi connectivity index (χ0v) is 20.6. The zero-order valence-electron chi connectivity index (χ0n) is 20.6. The molecule has 5 rings (SSSR count). The molecule has 0 saturated carbocycles. The predicted octanol–water partition coefficient (Wildman–Crippen LogP) is 4.39. The molecule has 0 unspecified atom stereocenters. The van der Waals surface area contributed by atoms with Gasteiger partial charge in [-0.1, -0.05) is 60.7 Å². The fourth-order valence-electron chi connectivity index (χ4n) is 5.56. The number of methoxy groups -OCH3 is 2. The van der Waals surface area contributed by atoms with Gasteiger partial charge < -0.3 is 28.4 Å². The Bertz CT molecular complexity index is 974. The van der Waals surface area contributed by atoms with Crippen molar-refractivity contribution in [2.75, 3.05) is 14.2 Å². The largest absolute Gasteiger partial charge is 0.467 e. The van der Waals surface area contributed by atoms with Crippen molar-refractivity contribution in [1.82, 2.24) is 0 Å². The van der Waals surface area contributed by atoms with Crippen LogP contribution >= 0.6 is 0 Å². The summed E-state index contributed by atoms with van der Waals surface area (Å²) < 4.78 is 36.4. The van der Waals surface area contributed by atoms with Gasteiger partial charge in [-0.25, -0.2) is 9.59 Å². The van der Waals surface area contributed by atoms with Crippen LogP contribution in [0.3, 0.4) is 0 Å². The van der Waals surface area contributed by atoms with Gasteiger partial charge in [0.2, 0.25) is 11.6 Å². The lowest BCUT2D eigenvalue weighted by Gasteiger charge is -2.58. The van der Waals surface area contributed by atoms with Crippen molar-refractivity contribution >= 4 is 11.9 Å². The van der Waals surface area contributed by atoms with Gasteiger partial charge >= 0.3 is 11.9 Å². The van der Waals surface area contributed by atoms with E-state index in [1.165, 1.54) is 14.2 Å². The molecule has 8 nitrogen and oxygen atoms in total. The summed E-state index contributed by atoms with van der Waals surface area (Å²) >= 11 is 0. The maximum atomic E-state index is 12.8. The Labute approximate surface area is 210 Å². The van der Waals surface area contributed by atoms with E-state index >= 15 is 0 Å². The van der Waals surface area contributed by atoms with Gasteiger partial charge in [0.15, 0.2) is 12.2 Å². The summed E-state index contributed by atoms with van der Waals surface area (Å²) in [5.41, 5.74) is 1.99. The third-order valence-corrected chi connectivity index (χ3v) is 7.31. The van der Waals surface area contributed by atoms with Gasteiger partial charge in [-0.2, -0.15) is 0 Å². The number of esters is 2. The molecule has 0 amide bonds. The molecule has 8 heteroatoms. The first-order valence-corrected chi connectivity index (χ1v) is 12.5. The topological polar surface area (TPSA) is 89.5 Å². The van der Waals surface area contributed by atoms with E-state index < -0.39 is 35.7 Å². The summed E-state index contributed by atoms with van der Waals surface area (Å²) in [7, 11) is 2.49. The summed E-state index contributed by atoms with van der Waals surface area (Å²) in [6, 6.07) is 19.8. The van der Waals surface area contributed by atoms with Crippen LogP contribution < -0.4 is 0 Å². The molecular weight excluding hydrogens is 464 g/mol. The second kappa shape index (κ2) is 10.3. The van der Waals surface area contributed by atoms with Crippen molar-refractivity contribution in [3.05, 3.63) is 71.8 Å². The Hall–Kier alpha value is -2.78. The standard InChI is InChI=1S/C28H32O8/c1-31-25(29)23-24(26(30)32-2)36-28(18-10-16-22(34-28)20-13-7-4-8-14-20)27(35-23)17-9-15-21(33-27)19-11-5-3-6-12-19/h3-8,11-14,21-24H,9-10,15-18H2,1-2H3/t21-,22-,23-,24-,27-,28-/m1/s1. The molecule has 0 aliphatic carbocycles. The van der Waals surface area contributed by atoms with Crippen LogP contribution in [0.25, 0.3) is 0 Å². The van der Waals surface area contributed by atoms with E-state index in [1.807, 2.05) is 60.7 Å². The first kappa shape index (κ1) is 24.9. The number of benzene rings is 2. The molecule has 0 bridgehead atoms. The second-order valence-electron chi connectivity index (χ2n) is 9.45. The highest BCUT2D eigenvalue weighted by Crippen LogP contribution is 2.55. The molecule has 3 fully saturated rings. The van der Waals surface area contributed by atoms with Crippen LogP contribution in [0.15, 0.2) is 60.7 Å². The van der Waals surface area contributed by atoms with Crippen LogP contribution in [0.1, 0.15) is 61.9 Å². The molecule has 6 atom stereocenters. The minimum absolute atomic E-state index is 0.297. The van der Waals surface area contributed by atoms with Crippen LogP contribution in [-0.2, 0) is 38.0 Å². The molecule has 2 aromatic carbocycles. The van der Waals surface area contributed by atoms with E-state index in [4.69, 9.17) is 28.4 Å². The number of hydrogen-bond acceptors (Lipinski definition) is 8. The molecule has 2 aromatic rings. The highest BCUT2D eigenvalue weighted by molar-refractivity contribution is 5.86. The lowest BCUT2D eigenvalue weighted by molar-refractivity contribution is -0.489. The van der Waals surface area contributed by atoms with Crippen LogP contribution in [-0.4, -0.2) is 49.9 Å². The average molecular weight is 497 g/mol. The zero-order chi connectivity index (χ0) is 25.2. The predicted molar refractivity (Wildman–Crippen MR) is 127 cm³/mol. The van der Waals surface area contributed by atoms with Crippen molar-refractivity contribution in [3.8, 4) is 0 Å². The van der Waals surface area contributed by atoms with Gasteiger partial charge in [0.05, 0.1) is 26.4 Å². The Morgan fingerprint density at radius 1 is 0.667 bits per heavy atom. The van der Waals surface area contributed by atoms with Gasteiger partial charge in [-0.05, 0) is 36.8 Å². The SMILES string of the molecule is COC(=O)[C@@H]1O[C@]2(CCC[C@H](c3ccccc3)O2)[C@@]2(CCC[C@H](c3ccccc3)O2)O[C@H]1C(=O)OC. The molecule has 0 aromatic heterocycles. The van der Waals surface area contributed by atoms with Crippen LogP contribution in [0.5, 0.6) is 0 Å². The molecular formula is C28H32O8. The molecule has 2 spiro atoms. The molecule has 0 radical (unpaired) electrons. The summed E-state index contributed by atoms with van der Waals surface area (Å²) in [6.45, 7) is 0. The van der Waals surface area contributed by atoms with Gasteiger partial charge in [0, 0.05) is 12.8 Å². The highest BCUT2D eigenvalue weighted by Gasteiger charge is 2.68. The van der Waals surface area contributed by atoms with E-state index in [1.54, 1.807) is 0 Å².